The van der Waals surface area contributed by atoms with Crippen molar-refractivity contribution in [3.05, 3.63) is 18.2 Å². The van der Waals surface area contributed by atoms with Crippen molar-refractivity contribution >= 4 is 5.69 Å². The highest BCUT2D eigenvalue weighted by Gasteiger charge is 2.18. The zero-order valence-corrected chi connectivity index (χ0v) is 11.5. The quantitative estimate of drug-likeness (QED) is 0.818. The maximum Gasteiger partial charge on any atom is 0.142 e. The van der Waals surface area contributed by atoms with Crippen LogP contribution >= 0.6 is 0 Å². The van der Waals surface area contributed by atoms with Crippen molar-refractivity contribution in [2.24, 2.45) is 0 Å². The van der Waals surface area contributed by atoms with E-state index in [9.17, 15) is 0 Å². The first-order valence-corrected chi connectivity index (χ1v) is 6.02. The fraction of sp³-hybridized carbons (Fsp3) is 0.571. The summed E-state index contributed by atoms with van der Waals surface area (Å²) in [5, 5.41) is 3.51. The first-order chi connectivity index (χ1) is 8.02. The number of hydrogen-bond donors (Lipinski definition) is 1. The Morgan fingerprint density at radius 1 is 1.18 bits per heavy atom. The molecule has 17 heavy (non-hydrogen) atoms. The lowest BCUT2D eigenvalue weighted by atomic mass is 9.98. The molecule has 1 N–H and O–H groups in total. The molecular formula is C14H23NO2. The molecule has 0 fully saturated rings. The van der Waals surface area contributed by atoms with Gasteiger partial charge in [-0.15, -0.1) is 0 Å². The normalized spacial score (nSPS) is 11.1. The molecule has 0 atom stereocenters. The van der Waals surface area contributed by atoms with E-state index in [1.54, 1.807) is 14.2 Å². The summed E-state index contributed by atoms with van der Waals surface area (Å²) >= 11 is 0. The van der Waals surface area contributed by atoms with Crippen molar-refractivity contribution in [2.45, 2.75) is 39.2 Å². The molecule has 1 rings (SSSR count). The highest BCUT2D eigenvalue weighted by molar-refractivity contribution is 5.60. The molecule has 0 heterocycles. The third-order valence-electron chi connectivity index (χ3n) is 2.75. The van der Waals surface area contributed by atoms with Gasteiger partial charge in [0.1, 0.15) is 11.5 Å². The van der Waals surface area contributed by atoms with Crippen molar-refractivity contribution in [1.29, 1.82) is 0 Å². The Balaban J connectivity index is 2.94. The summed E-state index contributed by atoms with van der Waals surface area (Å²) in [4.78, 5) is 0. The van der Waals surface area contributed by atoms with E-state index in [2.05, 4.69) is 26.1 Å². The van der Waals surface area contributed by atoms with Crippen LogP contribution in [0.4, 0.5) is 5.69 Å². The lowest BCUT2D eigenvalue weighted by Gasteiger charge is -2.28. The fourth-order valence-corrected chi connectivity index (χ4v) is 1.96. The largest absolute Gasteiger partial charge is 0.497 e. The molecule has 0 radical (unpaired) electrons. The number of benzene rings is 1. The van der Waals surface area contributed by atoms with Crippen LogP contribution in [0.15, 0.2) is 18.2 Å². The Morgan fingerprint density at radius 2 is 1.88 bits per heavy atom. The van der Waals surface area contributed by atoms with E-state index in [1.165, 1.54) is 0 Å². The molecule has 1 aromatic rings. The Labute approximate surface area is 104 Å². The van der Waals surface area contributed by atoms with Gasteiger partial charge < -0.3 is 14.8 Å². The highest BCUT2D eigenvalue weighted by Crippen LogP contribution is 2.32. The van der Waals surface area contributed by atoms with E-state index >= 15 is 0 Å². The molecule has 1 aromatic carbocycles. The lowest BCUT2D eigenvalue weighted by Crippen LogP contribution is -2.30. The minimum Gasteiger partial charge on any atom is -0.497 e. The molecule has 3 heteroatoms. The van der Waals surface area contributed by atoms with Gasteiger partial charge in [0.05, 0.1) is 19.9 Å². The first kappa shape index (κ1) is 13.7. The third kappa shape index (κ3) is 3.84. The van der Waals surface area contributed by atoms with Crippen molar-refractivity contribution in [3.63, 3.8) is 0 Å². The van der Waals surface area contributed by atoms with Crippen LogP contribution in [-0.2, 0) is 0 Å². The minimum atomic E-state index is 0.0500. The van der Waals surface area contributed by atoms with Crippen LogP contribution in [0.2, 0.25) is 0 Å². The zero-order chi connectivity index (χ0) is 12.9. The van der Waals surface area contributed by atoms with E-state index in [1.807, 2.05) is 18.2 Å². The van der Waals surface area contributed by atoms with Gasteiger partial charge in [-0.25, -0.2) is 0 Å². The summed E-state index contributed by atoms with van der Waals surface area (Å²) in [6.07, 6.45) is 2.25. The van der Waals surface area contributed by atoms with Crippen LogP contribution in [0.1, 0.15) is 33.6 Å². The lowest BCUT2D eigenvalue weighted by molar-refractivity contribution is 0.402. The van der Waals surface area contributed by atoms with Crippen LogP contribution in [0.5, 0.6) is 11.5 Å². The van der Waals surface area contributed by atoms with Crippen LogP contribution in [0.25, 0.3) is 0 Å². The zero-order valence-electron chi connectivity index (χ0n) is 11.5. The SMILES string of the molecule is CCCC(C)(C)Nc1cc(OC)ccc1OC. The van der Waals surface area contributed by atoms with E-state index < -0.39 is 0 Å². The van der Waals surface area contributed by atoms with Crippen molar-refractivity contribution in [1.82, 2.24) is 0 Å². The maximum absolute atomic E-state index is 5.35. The van der Waals surface area contributed by atoms with Gasteiger partial charge in [0.2, 0.25) is 0 Å². The maximum atomic E-state index is 5.35. The van der Waals surface area contributed by atoms with Gasteiger partial charge >= 0.3 is 0 Å². The topological polar surface area (TPSA) is 30.5 Å². The van der Waals surface area contributed by atoms with Gasteiger partial charge in [-0.1, -0.05) is 13.3 Å². The molecule has 0 aliphatic carbocycles. The number of methoxy groups -OCH3 is 2. The molecule has 0 unspecified atom stereocenters. The third-order valence-corrected chi connectivity index (χ3v) is 2.75. The minimum absolute atomic E-state index is 0.0500. The molecule has 0 aromatic heterocycles. The highest BCUT2D eigenvalue weighted by atomic mass is 16.5. The fourth-order valence-electron chi connectivity index (χ4n) is 1.96. The number of anilines is 1. The van der Waals surface area contributed by atoms with Crippen molar-refractivity contribution in [3.8, 4) is 11.5 Å². The average Bonchev–Trinajstić information content (AvgIpc) is 2.28. The van der Waals surface area contributed by atoms with Crippen LogP contribution in [0, 0.1) is 0 Å². The summed E-state index contributed by atoms with van der Waals surface area (Å²) in [6, 6.07) is 5.79. The summed E-state index contributed by atoms with van der Waals surface area (Å²) in [5.41, 5.74) is 1.03. The van der Waals surface area contributed by atoms with Crippen LogP contribution in [0.3, 0.4) is 0 Å². The second-order valence-electron chi connectivity index (χ2n) is 4.83. The van der Waals surface area contributed by atoms with Gasteiger partial charge in [0.25, 0.3) is 0 Å². The molecular weight excluding hydrogens is 214 g/mol. The van der Waals surface area contributed by atoms with E-state index in [0.717, 1.165) is 30.0 Å². The summed E-state index contributed by atoms with van der Waals surface area (Å²) in [5.74, 6) is 1.68. The van der Waals surface area contributed by atoms with Crippen molar-refractivity contribution < 1.29 is 9.47 Å². The molecule has 0 spiro atoms. The standard InChI is InChI=1S/C14H23NO2/c1-6-9-14(2,3)15-12-10-11(16-4)7-8-13(12)17-5/h7-8,10,15H,6,9H2,1-5H3. The summed E-state index contributed by atoms with van der Waals surface area (Å²) in [6.45, 7) is 6.57. The second-order valence-corrected chi connectivity index (χ2v) is 4.83. The monoisotopic (exact) mass is 237 g/mol. The Kier molecular flexibility index (Phi) is 4.67. The molecule has 0 saturated carbocycles. The van der Waals surface area contributed by atoms with E-state index in [4.69, 9.17) is 9.47 Å². The Hall–Kier alpha value is -1.38. The van der Waals surface area contributed by atoms with Gasteiger partial charge in [-0.05, 0) is 32.4 Å². The molecule has 0 aliphatic heterocycles. The molecule has 0 saturated heterocycles. The first-order valence-electron chi connectivity index (χ1n) is 6.02. The number of hydrogen-bond acceptors (Lipinski definition) is 3. The van der Waals surface area contributed by atoms with Gasteiger partial charge in [-0.2, -0.15) is 0 Å². The van der Waals surface area contributed by atoms with Crippen LogP contribution in [-0.4, -0.2) is 19.8 Å². The summed E-state index contributed by atoms with van der Waals surface area (Å²) in [7, 11) is 3.35. The van der Waals surface area contributed by atoms with Gasteiger partial charge in [0.15, 0.2) is 0 Å². The molecule has 0 aliphatic rings. The predicted octanol–water partition coefficient (Wildman–Crippen LogP) is 3.69. The number of nitrogens with one attached hydrogen (secondary N) is 1. The molecule has 0 bridgehead atoms. The number of rotatable bonds is 6. The predicted molar refractivity (Wildman–Crippen MR) is 72.2 cm³/mol. The van der Waals surface area contributed by atoms with E-state index in [-0.39, 0.29) is 5.54 Å². The average molecular weight is 237 g/mol. The Morgan fingerprint density at radius 3 is 2.41 bits per heavy atom. The molecule has 0 amide bonds. The number of ether oxygens (including phenoxy) is 2. The second kappa shape index (κ2) is 5.80. The van der Waals surface area contributed by atoms with Gasteiger partial charge in [-0.3, -0.25) is 0 Å². The van der Waals surface area contributed by atoms with Crippen LogP contribution < -0.4 is 14.8 Å². The smallest absolute Gasteiger partial charge is 0.142 e. The van der Waals surface area contributed by atoms with Gasteiger partial charge in [0, 0.05) is 11.6 Å². The molecule has 3 nitrogen and oxygen atoms in total. The van der Waals surface area contributed by atoms with E-state index in [0.29, 0.717) is 0 Å². The molecule has 96 valence electrons. The Bertz CT molecular complexity index is 361. The summed E-state index contributed by atoms with van der Waals surface area (Å²) < 4.78 is 10.6. The van der Waals surface area contributed by atoms with Crippen molar-refractivity contribution in [2.75, 3.05) is 19.5 Å².